The summed E-state index contributed by atoms with van der Waals surface area (Å²) in [5.74, 6) is 1.02. The molecular formula is C12H21N3. The highest BCUT2D eigenvalue weighted by Crippen LogP contribution is 2.33. The van der Waals surface area contributed by atoms with Crippen molar-refractivity contribution < 1.29 is 0 Å². The van der Waals surface area contributed by atoms with Gasteiger partial charge in [-0.2, -0.15) is 0 Å². The lowest BCUT2D eigenvalue weighted by Gasteiger charge is -2.20. The van der Waals surface area contributed by atoms with Crippen LogP contribution in [0.25, 0.3) is 0 Å². The molecule has 3 heteroatoms. The molecule has 1 aliphatic rings. The van der Waals surface area contributed by atoms with Crippen LogP contribution in [-0.2, 0) is 12.1 Å². The molecule has 84 valence electrons. The fourth-order valence-corrected chi connectivity index (χ4v) is 1.99. The van der Waals surface area contributed by atoms with Gasteiger partial charge in [0.05, 0.1) is 17.6 Å². The van der Waals surface area contributed by atoms with E-state index in [0.717, 1.165) is 18.2 Å². The first-order chi connectivity index (χ1) is 7.07. The van der Waals surface area contributed by atoms with E-state index in [2.05, 4.69) is 9.55 Å². The van der Waals surface area contributed by atoms with E-state index in [1.807, 2.05) is 26.4 Å². The molecule has 3 nitrogen and oxygen atoms in total. The van der Waals surface area contributed by atoms with Gasteiger partial charge >= 0.3 is 0 Å². The Hall–Kier alpha value is -0.830. The highest BCUT2D eigenvalue weighted by molar-refractivity contribution is 5.09. The minimum atomic E-state index is -0.282. The summed E-state index contributed by atoms with van der Waals surface area (Å²) < 4.78 is 2.20. The van der Waals surface area contributed by atoms with Crippen LogP contribution in [0.1, 0.15) is 45.2 Å². The fraction of sp³-hybridized carbons (Fsp3) is 0.750. The number of hydrogen-bond donors (Lipinski definition) is 1. The second kappa shape index (κ2) is 3.97. The second-order valence-corrected chi connectivity index (χ2v) is 5.28. The second-order valence-electron chi connectivity index (χ2n) is 5.28. The molecule has 1 fully saturated rings. The van der Waals surface area contributed by atoms with Crippen molar-refractivity contribution in [1.82, 2.24) is 9.55 Å². The molecular weight excluding hydrogens is 186 g/mol. The van der Waals surface area contributed by atoms with Crippen LogP contribution in [0.4, 0.5) is 0 Å². The van der Waals surface area contributed by atoms with Crippen LogP contribution in [0.2, 0.25) is 0 Å². The van der Waals surface area contributed by atoms with Crippen molar-refractivity contribution >= 4 is 0 Å². The average molecular weight is 207 g/mol. The molecule has 2 rings (SSSR count). The Morgan fingerprint density at radius 2 is 2.27 bits per heavy atom. The summed E-state index contributed by atoms with van der Waals surface area (Å²) in [5, 5.41) is 0. The molecule has 2 N–H and O–H groups in total. The Balaban J connectivity index is 1.91. The van der Waals surface area contributed by atoms with E-state index in [1.165, 1.54) is 25.7 Å². The number of nitrogens with two attached hydrogens (primary N) is 1. The maximum atomic E-state index is 6.09. The summed E-state index contributed by atoms with van der Waals surface area (Å²) >= 11 is 0. The van der Waals surface area contributed by atoms with Crippen molar-refractivity contribution in [2.75, 3.05) is 0 Å². The summed E-state index contributed by atoms with van der Waals surface area (Å²) in [7, 11) is 0. The summed E-state index contributed by atoms with van der Waals surface area (Å²) in [6.07, 6.45) is 9.29. The van der Waals surface area contributed by atoms with E-state index in [9.17, 15) is 0 Å². The van der Waals surface area contributed by atoms with Crippen molar-refractivity contribution in [2.45, 2.75) is 51.6 Å². The van der Waals surface area contributed by atoms with Gasteiger partial charge in [-0.3, -0.25) is 0 Å². The Morgan fingerprint density at radius 3 is 2.87 bits per heavy atom. The molecule has 0 amide bonds. The Kier molecular flexibility index (Phi) is 2.83. The molecule has 0 atom stereocenters. The number of imidazole rings is 1. The molecule has 0 spiro atoms. The van der Waals surface area contributed by atoms with Gasteiger partial charge in [0.1, 0.15) is 0 Å². The zero-order valence-corrected chi connectivity index (χ0v) is 9.74. The van der Waals surface area contributed by atoms with Crippen LogP contribution in [0.5, 0.6) is 0 Å². The third-order valence-electron chi connectivity index (χ3n) is 3.08. The number of aromatic nitrogens is 2. The van der Waals surface area contributed by atoms with E-state index in [0.29, 0.717) is 0 Å². The molecule has 0 aliphatic heterocycles. The Bertz CT molecular complexity index is 318. The fourth-order valence-electron chi connectivity index (χ4n) is 1.99. The van der Waals surface area contributed by atoms with Crippen LogP contribution >= 0.6 is 0 Å². The molecule has 0 radical (unpaired) electrons. The van der Waals surface area contributed by atoms with Gasteiger partial charge in [0.15, 0.2) is 0 Å². The van der Waals surface area contributed by atoms with Crippen LogP contribution < -0.4 is 5.73 Å². The summed E-state index contributed by atoms with van der Waals surface area (Å²) in [4.78, 5) is 4.18. The van der Waals surface area contributed by atoms with Crippen molar-refractivity contribution in [3.63, 3.8) is 0 Å². The van der Waals surface area contributed by atoms with E-state index < -0.39 is 0 Å². The van der Waals surface area contributed by atoms with E-state index in [4.69, 9.17) is 5.73 Å². The largest absolute Gasteiger partial charge is 0.333 e. The monoisotopic (exact) mass is 207 g/mol. The number of rotatable bonds is 5. The molecule has 1 aromatic rings. The smallest absolute Gasteiger partial charge is 0.0948 e. The highest BCUT2D eigenvalue weighted by atomic mass is 15.1. The Labute approximate surface area is 91.7 Å². The first kappa shape index (κ1) is 10.7. The zero-order valence-electron chi connectivity index (χ0n) is 9.74. The molecule has 0 aromatic carbocycles. The summed E-state index contributed by atoms with van der Waals surface area (Å²) in [5.41, 5.74) is 6.94. The van der Waals surface area contributed by atoms with Crippen LogP contribution in [0, 0.1) is 5.92 Å². The van der Waals surface area contributed by atoms with Gasteiger partial charge in [0.25, 0.3) is 0 Å². The van der Waals surface area contributed by atoms with E-state index in [1.54, 1.807) is 0 Å². The summed E-state index contributed by atoms with van der Waals surface area (Å²) in [6, 6.07) is 0. The topological polar surface area (TPSA) is 43.8 Å². The molecule has 0 bridgehead atoms. The summed E-state index contributed by atoms with van der Waals surface area (Å²) in [6.45, 7) is 5.12. The molecule has 1 aromatic heterocycles. The van der Waals surface area contributed by atoms with Crippen molar-refractivity contribution in [2.24, 2.45) is 11.7 Å². The number of aryl methyl sites for hydroxylation is 1. The number of hydrogen-bond acceptors (Lipinski definition) is 2. The predicted molar refractivity (Wildman–Crippen MR) is 61.4 cm³/mol. The van der Waals surface area contributed by atoms with Crippen LogP contribution in [0.3, 0.4) is 0 Å². The molecule has 1 aliphatic carbocycles. The third kappa shape index (κ3) is 2.81. The van der Waals surface area contributed by atoms with Crippen molar-refractivity contribution in [1.29, 1.82) is 0 Å². The lowest BCUT2D eigenvalue weighted by atomic mass is 10.0. The highest BCUT2D eigenvalue weighted by Gasteiger charge is 2.21. The molecule has 0 saturated heterocycles. The Morgan fingerprint density at radius 1 is 1.53 bits per heavy atom. The molecule has 0 unspecified atom stereocenters. The maximum Gasteiger partial charge on any atom is 0.0948 e. The van der Waals surface area contributed by atoms with Gasteiger partial charge < -0.3 is 10.3 Å². The van der Waals surface area contributed by atoms with Gasteiger partial charge in [-0.05, 0) is 32.6 Å². The first-order valence-electron chi connectivity index (χ1n) is 5.87. The molecule has 1 heterocycles. The number of nitrogens with zero attached hydrogens (tertiary/aromatic N) is 2. The maximum absolute atomic E-state index is 6.09. The lowest BCUT2D eigenvalue weighted by Crippen LogP contribution is -2.31. The van der Waals surface area contributed by atoms with Gasteiger partial charge in [0, 0.05) is 12.7 Å². The zero-order chi connectivity index (χ0) is 10.9. The van der Waals surface area contributed by atoms with Crippen molar-refractivity contribution in [3.8, 4) is 0 Å². The minimum absolute atomic E-state index is 0.282. The van der Waals surface area contributed by atoms with Gasteiger partial charge in [-0.1, -0.05) is 12.8 Å². The predicted octanol–water partition coefficient (Wildman–Crippen LogP) is 2.27. The first-order valence-corrected chi connectivity index (χ1v) is 5.87. The standard InChI is InChI=1S/C12H21N3/c1-12(2,13)11-8-14-9-15(11)7-3-4-10-5-6-10/h8-10H,3-7,13H2,1-2H3. The van der Waals surface area contributed by atoms with Gasteiger partial charge in [-0.25, -0.2) is 4.98 Å². The van der Waals surface area contributed by atoms with Crippen molar-refractivity contribution in [3.05, 3.63) is 18.2 Å². The average Bonchev–Trinajstić information content (AvgIpc) is 2.80. The normalized spacial score (nSPS) is 17.0. The minimum Gasteiger partial charge on any atom is -0.333 e. The van der Waals surface area contributed by atoms with Crippen LogP contribution in [-0.4, -0.2) is 9.55 Å². The van der Waals surface area contributed by atoms with Crippen LogP contribution in [0.15, 0.2) is 12.5 Å². The molecule has 15 heavy (non-hydrogen) atoms. The molecule has 1 saturated carbocycles. The van der Waals surface area contributed by atoms with E-state index in [-0.39, 0.29) is 5.54 Å². The quantitative estimate of drug-likeness (QED) is 0.805. The lowest BCUT2D eigenvalue weighted by molar-refractivity contribution is 0.476. The van der Waals surface area contributed by atoms with Gasteiger partial charge in [0.2, 0.25) is 0 Å². The third-order valence-corrected chi connectivity index (χ3v) is 3.08. The van der Waals surface area contributed by atoms with E-state index >= 15 is 0 Å². The SMILES string of the molecule is CC(C)(N)c1cncn1CCCC1CC1. The van der Waals surface area contributed by atoms with Gasteiger partial charge in [-0.15, -0.1) is 0 Å².